The molecule has 0 N–H and O–H groups in total. The van der Waals surface area contributed by atoms with Gasteiger partial charge >= 0.3 is 12.4 Å². The predicted molar refractivity (Wildman–Crippen MR) is 99.8 cm³/mol. The Morgan fingerprint density at radius 2 is 0.852 bits per heavy atom. The lowest BCUT2D eigenvalue weighted by Gasteiger charge is -2.34. The summed E-state index contributed by atoms with van der Waals surface area (Å²) in [6, 6.07) is 15.5. The number of alkyl halides is 6. The van der Waals surface area contributed by atoms with Crippen LogP contribution in [0.1, 0.15) is 45.7 Å². The molecule has 0 bridgehead atoms. The fourth-order valence-corrected chi connectivity index (χ4v) is 1.79. The van der Waals surface area contributed by atoms with E-state index in [0.29, 0.717) is 0 Å². The number of benzene rings is 2. The van der Waals surface area contributed by atoms with Gasteiger partial charge < -0.3 is 0 Å². The largest absolute Gasteiger partial charge is 0.406 e. The van der Waals surface area contributed by atoms with E-state index in [9.17, 15) is 26.3 Å². The van der Waals surface area contributed by atoms with Gasteiger partial charge in [0, 0.05) is 0 Å². The van der Waals surface area contributed by atoms with Crippen LogP contribution in [0.5, 0.6) is 0 Å². The van der Waals surface area contributed by atoms with Gasteiger partial charge in [-0.1, -0.05) is 93.9 Å². The van der Waals surface area contributed by atoms with E-state index in [1.807, 2.05) is 45.9 Å². The molecule has 0 saturated heterocycles. The van der Waals surface area contributed by atoms with Crippen molar-refractivity contribution in [2.24, 2.45) is 0 Å². The van der Waals surface area contributed by atoms with Crippen LogP contribution in [0, 0.1) is 6.92 Å². The average molecular weight is 394 g/mol. The first kappa shape index (κ1) is 27.2. The third kappa shape index (κ3) is 8.06. The molecule has 0 aromatic heterocycles. The summed E-state index contributed by atoms with van der Waals surface area (Å²) in [5, 5.41) is 0. The maximum atomic E-state index is 12.6. The summed E-state index contributed by atoms with van der Waals surface area (Å²) in [5.41, 5.74) is -3.32. The molecule has 27 heavy (non-hydrogen) atoms. The lowest BCUT2D eigenvalue weighted by atomic mass is 9.81. The van der Waals surface area contributed by atoms with Crippen molar-refractivity contribution in [3.8, 4) is 0 Å². The molecule has 2 aromatic rings. The standard InChI is InChI=1S/C10H8F6.C7H8.2C2H6/c1-8(9(11,12)13,10(14,15)16)7-5-3-2-4-6-7;1-7-5-3-2-4-6-7;2*1-2/h2-6H,1H3;2-6H,1H3;2*1-2H3. The maximum Gasteiger partial charge on any atom is 0.406 e. The van der Waals surface area contributed by atoms with E-state index >= 15 is 0 Å². The molecule has 0 aliphatic heterocycles. The summed E-state index contributed by atoms with van der Waals surface area (Å²) in [7, 11) is 0. The molecule has 0 fully saturated rings. The summed E-state index contributed by atoms with van der Waals surface area (Å²) in [6.07, 6.45) is -10.8. The van der Waals surface area contributed by atoms with Gasteiger partial charge in [-0.3, -0.25) is 0 Å². The zero-order valence-corrected chi connectivity index (χ0v) is 16.5. The Kier molecular flexibility index (Phi) is 12.5. The van der Waals surface area contributed by atoms with Crippen LogP contribution >= 0.6 is 0 Å². The fourth-order valence-electron chi connectivity index (χ4n) is 1.79. The Morgan fingerprint density at radius 3 is 1.07 bits per heavy atom. The van der Waals surface area contributed by atoms with Gasteiger partial charge in [-0.2, -0.15) is 26.3 Å². The van der Waals surface area contributed by atoms with Crippen molar-refractivity contribution < 1.29 is 26.3 Å². The van der Waals surface area contributed by atoms with Crippen LogP contribution in [-0.4, -0.2) is 12.4 Å². The Hall–Kier alpha value is -1.98. The minimum atomic E-state index is -5.38. The fraction of sp³-hybridized carbons (Fsp3) is 0.429. The number of rotatable bonds is 1. The van der Waals surface area contributed by atoms with Crippen molar-refractivity contribution >= 4 is 0 Å². The van der Waals surface area contributed by atoms with Crippen LogP contribution in [-0.2, 0) is 5.41 Å². The van der Waals surface area contributed by atoms with Crippen LogP contribution in [0.15, 0.2) is 60.7 Å². The molecule has 0 heterocycles. The number of halogens is 6. The lowest BCUT2D eigenvalue weighted by Crippen LogP contribution is -2.51. The Morgan fingerprint density at radius 1 is 0.556 bits per heavy atom. The molecule has 0 atom stereocenters. The predicted octanol–water partition coefficient (Wildman–Crippen LogP) is 8.12. The summed E-state index contributed by atoms with van der Waals surface area (Å²) in [6.45, 7) is 10.2. The Bertz CT molecular complexity index is 572. The van der Waals surface area contributed by atoms with Gasteiger partial charge in [0.25, 0.3) is 0 Å². The van der Waals surface area contributed by atoms with Crippen LogP contribution in [0.25, 0.3) is 0 Å². The summed E-state index contributed by atoms with van der Waals surface area (Å²) >= 11 is 0. The van der Waals surface area contributed by atoms with Crippen LogP contribution in [0.3, 0.4) is 0 Å². The molecular weight excluding hydrogens is 366 g/mol. The highest BCUT2D eigenvalue weighted by molar-refractivity contribution is 5.28. The molecule has 0 radical (unpaired) electrons. The Balaban J connectivity index is 0. The Labute approximate surface area is 158 Å². The van der Waals surface area contributed by atoms with Gasteiger partial charge in [-0.15, -0.1) is 0 Å². The highest BCUT2D eigenvalue weighted by Crippen LogP contribution is 2.51. The first-order valence-electron chi connectivity index (χ1n) is 8.71. The zero-order valence-electron chi connectivity index (χ0n) is 16.5. The number of hydrogen-bond donors (Lipinski definition) is 0. The molecule has 0 aliphatic carbocycles. The average Bonchev–Trinajstić information content (AvgIpc) is 2.64. The third-order valence-electron chi connectivity index (χ3n) is 3.43. The van der Waals surface area contributed by atoms with Crippen LogP contribution < -0.4 is 0 Å². The summed E-state index contributed by atoms with van der Waals surface area (Å²) in [4.78, 5) is 0. The molecule has 0 spiro atoms. The van der Waals surface area contributed by atoms with Crippen molar-refractivity contribution in [2.45, 2.75) is 59.3 Å². The van der Waals surface area contributed by atoms with Crippen molar-refractivity contribution in [2.75, 3.05) is 0 Å². The van der Waals surface area contributed by atoms with Crippen LogP contribution in [0.2, 0.25) is 0 Å². The lowest BCUT2D eigenvalue weighted by molar-refractivity contribution is -0.297. The van der Waals surface area contributed by atoms with Crippen molar-refractivity contribution in [3.05, 3.63) is 71.8 Å². The van der Waals surface area contributed by atoms with E-state index in [1.165, 1.54) is 11.6 Å². The van der Waals surface area contributed by atoms with Gasteiger partial charge in [0.2, 0.25) is 0 Å². The van der Waals surface area contributed by atoms with Gasteiger partial charge in [0.15, 0.2) is 5.41 Å². The normalized spacial score (nSPS) is 11.0. The van der Waals surface area contributed by atoms with E-state index in [1.54, 1.807) is 0 Å². The van der Waals surface area contributed by atoms with Crippen molar-refractivity contribution in [1.82, 2.24) is 0 Å². The maximum absolute atomic E-state index is 12.6. The van der Waals surface area contributed by atoms with Gasteiger partial charge in [0.05, 0.1) is 0 Å². The molecule has 0 amide bonds. The van der Waals surface area contributed by atoms with Gasteiger partial charge in [-0.25, -0.2) is 0 Å². The van der Waals surface area contributed by atoms with Crippen LogP contribution in [0.4, 0.5) is 26.3 Å². The second kappa shape index (κ2) is 12.4. The second-order valence-corrected chi connectivity index (χ2v) is 5.14. The zero-order chi connectivity index (χ0) is 21.7. The number of aryl methyl sites for hydroxylation is 1. The first-order valence-corrected chi connectivity index (χ1v) is 8.71. The summed E-state index contributed by atoms with van der Waals surface area (Å²) in [5.74, 6) is 0. The highest BCUT2D eigenvalue weighted by atomic mass is 19.4. The summed E-state index contributed by atoms with van der Waals surface area (Å²) < 4.78 is 75.4. The molecular formula is C21H28F6. The minimum absolute atomic E-state index is 0.141. The van der Waals surface area contributed by atoms with Gasteiger partial charge in [0.1, 0.15) is 0 Å². The molecule has 0 unspecified atom stereocenters. The van der Waals surface area contributed by atoms with E-state index in [4.69, 9.17) is 0 Å². The first-order chi connectivity index (χ1) is 12.5. The van der Waals surface area contributed by atoms with E-state index in [0.717, 1.165) is 24.3 Å². The smallest absolute Gasteiger partial charge is 0.170 e. The van der Waals surface area contributed by atoms with Crippen molar-refractivity contribution in [1.29, 1.82) is 0 Å². The van der Waals surface area contributed by atoms with Gasteiger partial charge in [-0.05, 0) is 19.4 Å². The molecule has 2 rings (SSSR count). The topological polar surface area (TPSA) is 0 Å². The molecule has 0 saturated carbocycles. The van der Waals surface area contributed by atoms with Crippen molar-refractivity contribution in [3.63, 3.8) is 0 Å². The molecule has 6 heteroatoms. The highest BCUT2D eigenvalue weighted by Gasteiger charge is 2.68. The van der Waals surface area contributed by atoms with E-state index < -0.39 is 23.3 Å². The van der Waals surface area contributed by atoms with E-state index in [2.05, 4.69) is 19.1 Å². The van der Waals surface area contributed by atoms with E-state index in [-0.39, 0.29) is 6.92 Å². The quantitative estimate of drug-likeness (QED) is 0.429. The molecule has 0 nitrogen and oxygen atoms in total. The third-order valence-corrected chi connectivity index (χ3v) is 3.43. The SMILES string of the molecule is CC.CC.CC(c1ccccc1)(C(F)(F)F)C(F)(F)F.Cc1ccccc1. The molecule has 2 aromatic carbocycles. The monoisotopic (exact) mass is 394 g/mol. The second-order valence-electron chi connectivity index (χ2n) is 5.14. The number of hydrogen-bond acceptors (Lipinski definition) is 0. The minimum Gasteiger partial charge on any atom is -0.170 e. The molecule has 154 valence electrons. The molecule has 0 aliphatic rings.